The zero-order valence-electron chi connectivity index (χ0n) is 10.7. The second-order valence-electron chi connectivity index (χ2n) is 3.99. The first-order valence-corrected chi connectivity index (χ1v) is 6.59. The fourth-order valence-corrected chi connectivity index (χ4v) is 2.14. The van der Waals surface area contributed by atoms with Gasteiger partial charge in [-0.15, -0.1) is 0 Å². The molecule has 0 heterocycles. The number of nitro benzene ring substituents is 1. The molecule has 0 radical (unpaired) electrons. The lowest BCUT2D eigenvalue weighted by Gasteiger charge is -2.11. The molecule has 0 spiro atoms. The van der Waals surface area contributed by atoms with E-state index in [1.807, 2.05) is 30.3 Å². The summed E-state index contributed by atoms with van der Waals surface area (Å²) in [7, 11) is 1.45. The predicted molar refractivity (Wildman–Crippen MR) is 78.1 cm³/mol. The SMILES string of the molecule is COc1cc([N+](=O)[O-])c(Br)cc1OCc1ccccc1. The summed E-state index contributed by atoms with van der Waals surface area (Å²) in [4.78, 5) is 10.4. The summed E-state index contributed by atoms with van der Waals surface area (Å²) in [6, 6.07) is 12.5. The van der Waals surface area contributed by atoms with E-state index in [0.29, 0.717) is 22.6 Å². The van der Waals surface area contributed by atoms with Gasteiger partial charge in [-0.2, -0.15) is 0 Å². The van der Waals surface area contributed by atoms with E-state index in [0.717, 1.165) is 5.56 Å². The van der Waals surface area contributed by atoms with Gasteiger partial charge in [0.05, 0.1) is 22.6 Å². The predicted octanol–water partition coefficient (Wildman–Crippen LogP) is 3.94. The minimum absolute atomic E-state index is 0.0612. The molecule has 0 saturated heterocycles. The number of methoxy groups -OCH3 is 1. The van der Waals surface area contributed by atoms with E-state index in [9.17, 15) is 10.1 Å². The van der Waals surface area contributed by atoms with Crippen LogP contribution in [0.3, 0.4) is 0 Å². The van der Waals surface area contributed by atoms with Crippen molar-refractivity contribution in [3.05, 3.63) is 62.6 Å². The van der Waals surface area contributed by atoms with Crippen molar-refractivity contribution in [2.45, 2.75) is 6.61 Å². The fraction of sp³-hybridized carbons (Fsp3) is 0.143. The number of benzene rings is 2. The Morgan fingerprint density at radius 2 is 1.90 bits per heavy atom. The molecule has 0 fully saturated rings. The number of nitro groups is 1. The fourth-order valence-electron chi connectivity index (χ4n) is 1.67. The van der Waals surface area contributed by atoms with E-state index in [1.165, 1.54) is 13.2 Å². The molecule has 0 aromatic heterocycles. The number of hydrogen-bond donors (Lipinski definition) is 0. The number of ether oxygens (including phenoxy) is 2. The van der Waals surface area contributed by atoms with Crippen molar-refractivity contribution >= 4 is 21.6 Å². The zero-order valence-corrected chi connectivity index (χ0v) is 12.3. The van der Waals surface area contributed by atoms with Crippen LogP contribution in [-0.2, 0) is 6.61 Å². The van der Waals surface area contributed by atoms with Gasteiger partial charge in [0, 0.05) is 6.07 Å². The summed E-state index contributed by atoms with van der Waals surface area (Å²) in [6.45, 7) is 0.363. The van der Waals surface area contributed by atoms with E-state index < -0.39 is 4.92 Å². The van der Waals surface area contributed by atoms with E-state index >= 15 is 0 Å². The smallest absolute Gasteiger partial charge is 0.287 e. The van der Waals surface area contributed by atoms with Crippen molar-refractivity contribution in [1.82, 2.24) is 0 Å². The molecular formula is C14H12BrNO4. The van der Waals surface area contributed by atoms with Gasteiger partial charge in [0.15, 0.2) is 11.5 Å². The summed E-state index contributed by atoms with van der Waals surface area (Å²) in [5.74, 6) is 0.782. The highest BCUT2D eigenvalue weighted by Gasteiger charge is 2.18. The van der Waals surface area contributed by atoms with Gasteiger partial charge in [0.1, 0.15) is 6.61 Å². The highest BCUT2D eigenvalue weighted by atomic mass is 79.9. The largest absolute Gasteiger partial charge is 0.493 e. The normalized spacial score (nSPS) is 10.1. The summed E-state index contributed by atoms with van der Waals surface area (Å²) < 4.78 is 11.1. The third-order valence-corrected chi connectivity index (χ3v) is 3.30. The lowest BCUT2D eigenvalue weighted by molar-refractivity contribution is -0.385. The third kappa shape index (κ3) is 3.27. The molecule has 0 N–H and O–H groups in total. The quantitative estimate of drug-likeness (QED) is 0.612. The van der Waals surface area contributed by atoms with Gasteiger partial charge in [0.2, 0.25) is 0 Å². The minimum atomic E-state index is -0.479. The number of halogens is 1. The van der Waals surface area contributed by atoms with Crippen LogP contribution >= 0.6 is 15.9 Å². The molecule has 0 aliphatic carbocycles. The molecule has 104 valence electrons. The van der Waals surface area contributed by atoms with Gasteiger partial charge in [-0.25, -0.2) is 0 Å². The number of rotatable bonds is 5. The molecule has 0 amide bonds. The van der Waals surface area contributed by atoms with Crippen LogP contribution < -0.4 is 9.47 Å². The Balaban J connectivity index is 2.23. The molecule has 6 heteroatoms. The minimum Gasteiger partial charge on any atom is -0.493 e. The highest BCUT2D eigenvalue weighted by molar-refractivity contribution is 9.10. The van der Waals surface area contributed by atoms with Crippen molar-refractivity contribution in [2.75, 3.05) is 7.11 Å². The van der Waals surface area contributed by atoms with Gasteiger partial charge < -0.3 is 9.47 Å². The Hall–Kier alpha value is -2.08. The van der Waals surface area contributed by atoms with Gasteiger partial charge in [-0.3, -0.25) is 10.1 Å². The maximum atomic E-state index is 10.9. The Morgan fingerprint density at radius 3 is 2.50 bits per heavy atom. The maximum Gasteiger partial charge on any atom is 0.287 e. The molecule has 0 aliphatic heterocycles. The van der Waals surface area contributed by atoms with Crippen LogP contribution in [0.5, 0.6) is 11.5 Å². The molecule has 0 atom stereocenters. The lowest BCUT2D eigenvalue weighted by atomic mass is 10.2. The summed E-state index contributed by atoms with van der Waals surface area (Å²) in [5, 5.41) is 10.9. The van der Waals surface area contributed by atoms with Crippen molar-refractivity contribution < 1.29 is 14.4 Å². The van der Waals surface area contributed by atoms with Crippen LogP contribution in [0.25, 0.3) is 0 Å². The van der Waals surface area contributed by atoms with Crippen molar-refractivity contribution in [2.24, 2.45) is 0 Å². The summed E-state index contributed by atoms with van der Waals surface area (Å²) >= 11 is 3.16. The van der Waals surface area contributed by atoms with Gasteiger partial charge in [-0.05, 0) is 21.5 Å². The molecule has 0 saturated carbocycles. The molecule has 2 aromatic rings. The van der Waals surface area contributed by atoms with E-state index in [4.69, 9.17) is 9.47 Å². The Kier molecular flexibility index (Phi) is 4.57. The molecule has 5 nitrogen and oxygen atoms in total. The van der Waals surface area contributed by atoms with Gasteiger partial charge >= 0.3 is 0 Å². The molecule has 2 aromatic carbocycles. The monoisotopic (exact) mass is 337 g/mol. The molecule has 0 bridgehead atoms. The Morgan fingerprint density at radius 1 is 1.20 bits per heavy atom. The Bertz CT molecular complexity index is 616. The molecule has 2 rings (SSSR count). The first-order chi connectivity index (χ1) is 9.61. The lowest BCUT2D eigenvalue weighted by Crippen LogP contribution is -1.99. The average molecular weight is 338 g/mol. The van der Waals surface area contributed by atoms with Crippen molar-refractivity contribution in [3.63, 3.8) is 0 Å². The third-order valence-electron chi connectivity index (χ3n) is 2.67. The summed E-state index contributed by atoms with van der Waals surface area (Å²) in [6.07, 6.45) is 0. The van der Waals surface area contributed by atoms with E-state index in [2.05, 4.69) is 15.9 Å². The van der Waals surface area contributed by atoms with Crippen molar-refractivity contribution in [3.8, 4) is 11.5 Å². The second-order valence-corrected chi connectivity index (χ2v) is 4.84. The van der Waals surface area contributed by atoms with Crippen molar-refractivity contribution in [1.29, 1.82) is 0 Å². The zero-order chi connectivity index (χ0) is 14.5. The molecule has 0 unspecified atom stereocenters. The van der Waals surface area contributed by atoms with Gasteiger partial charge in [0.25, 0.3) is 5.69 Å². The van der Waals surface area contributed by atoms with Crippen LogP contribution in [0.4, 0.5) is 5.69 Å². The van der Waals surface area contributed by atoms with E-state index in [1.54, 1.807) is 6.07 Å². The van der Waals surface area contributed by atoms with Crippen LogP contribution in [0.15, 0.2) is 46.9 Å². The molecule has 20 heavy (non-hydrogen) atoms. The highest BCUT2D eigenvalue weighted by Crippen LogP contribution is 2.37. The molecular weight excluding hydrogens is 326 g/mol. The van der Waals surface area contributed by atoms with Gasteiger partial charge in [-0.1, -0.05) is 30.3 Å². The maximum absolute atomic E-state index is 10.9. The van der Waals surface area contributed by atoms with E-state index in [-0.39, 0.29) is 5.69 Å². The first-order valence-electron chi connectivity index (χ1n) is 5.80. The van der Waals surface area contributed by atoms with Crippen LogP contribution in [0, 0.1) is 10.1 Å². The summed E-state index contributed by atoms with van der Waals surface area (Å²) in [5.41, 5.74) is 0.943. The standard InChI is InChI=1S/C14H12BrNO4/c1-19-13-8-12(16(17)18)11(15)7-14(13)20-9-10-5-3-2-4-6-10/h2-8H,9H2,1H3. The first kappa shape index (κ1) is 14.3. The number of hydrogen-bond acceptors (Lipinski definition) is 4. The Labute approximate surface area is 124 Å². The van der Waals surface area contributed by atoms with Crippen LogP contribution in [-0.4, -0.2) is 12.0 Å². The topological polar surface area (TPSA) is 61.6 Å². The van der Waals surface area contributed by atoms with Crippen LogP contribution in [0.2, 0.25) is 0 Å². The molecule has 0 aliphatic rings. The van der Waals surface area contributed by atoms with Crippen LogP contribution in [0.1, 0.15) is 5.56 Å². The second kappa shape index (κ2) is 6.38. The number of nitrogens with zero attached hydrogens (tertiary/aromatic N) is 1. The average Bonchev–Trinajstić information content (AvgIpc) is 2.46.